The minimum absolute atomic E-state index is 0.0483. The van der Waals surface area contributed by atoms with Gasteiger partial charge in [0.2, 0.25) is 0 Å². The van der Waals surface area contributed by atoms with E-state index in [1.807, 2.05) is 6.07 Å². The van der Waals surface area contributed by atoms with E-state index in [9.17, 15) is 0 Å². The van der Waals surface area contributed by atoms with Gasteiger partial charge in [-0.2, -0.15) is 0 Å². The third kappa shape index (κ3) is 3.38. The van der Waals surface area contributed by atoms with Crippen molar-refractivity contribution < 1.29 is 4.42 Å². The Bertz CT molecular complexity index is 1950. The van der Waals surface area contributed by atoms with Crippen molar-refractivity contribution >= 4 is 43.5 Å². The summed E-state index contributed by atoms with van der Waals surface area (Å²) in [6, 6.07) is 41.5. The van der Waals surface area contributed by atoms with Crippen LogP contribution in [-0.2, 0) is 5.41 Å². The Morgan fingerprint density at radius 1 is 0.486 bits per heavy atom. The van der Waals surface area contributed by atoms with Gasteiger partial charge in [0.25, 0.3) is 0 Å². The maximum atomic E-state index is 6.53. The third-order valence-corrected chi connectivity index (χ3v) is 7.63. The number of hydrogen-bond acceptors (Lipinski definition) is 1. The summed E-state index contributed by atoms with van der Waals surface area (Å²) in [6.07, 6.45) is 0. The van der Waals surface area contributed by atoms with Gasteiger partial charge in [0.15, 0.2) is 0 Å². The summed E-state index contributed by atoms with van der Waals surface area (Å²) in [5, 5.41) is 7.34. The van der Waals surface area contributed by atoms with Crippen LogP contribution in [0.1, 0.15) is 26.3 Å². The molecular formula is C36H28O. The summed E-state index contributed by atoms with van der Waals surface area (Å²) < 4.78 is 6.53. The van der Waals surface area contributed by atoms with Gasteiger partial charge in [-0.25, -0.2) is 0 Å². The first kappa shape index (κ1) is 21.9. The van der Waals surface area contributed by atoms with Crippen LogP contribution in [0.15, 0.2) is 120 Å². The van der Waals surface area contributed by atoms with Gasteiger partial charge in [0, 0.05) is 21.9 Å². The number of rotatable bonds is 2. The molecule has 7 aromatic rings. The fourth-order valence-corrected chi connectivity index (χ4v) is 5.79. The van der Waals surface area contributed by atoms with Gasteiger partial charge in [-0.15, -0.1) is 0 Å². The second-order valence-electron chi connectivity index (χ2n) is 11.0. The van der Waals surface area contributed by atoms with E-state index >= 15 is 0 Å². The van der Waals surface area contributed by atoms with Crippen LogP contribution in [0.3, 0.4) is 0 Å². The molecule has 0 radical (unpaired) electrons. The molecule has 37 heavy (non-hydrogen) atoms. The lowest BCUT2D eigenvalue weighted by Gasteiger charge is -2.23. The van der Waals surface area contributed by atoms with Gasteiger partial charge in [0.05, 0.1) is 0 Å². The SMILES string of the molecule is CC(C)(C)c1ccc2c(-c3cccc4c3oc3ccccc34)c3ccccc3c(-c3ccccc3)c2c1. The van der Waals surface area contributed by atoms with Crippen LogP contribution in [0.5, 0.6) is 0 Å². The second kappa shape index (κ2) is 8.08. The minimum Gasteiger partial charge on any atom is -0.455 e. The first-order valence-corrected chi connectivity index (χ1v) is 13.0. The van der Waals surface area contributed by atoms with Gasteiger partial charge < -0.3 is 4.42 Å². The molecule has 7 rings (SSSR count). The molecule has 0 aliphatic heterocycles. The van der Waals surface area contributed by atoms with Crippen LogP contribution in [0, 0.1) is 0 Å². The standard InChI is InChI=1S/C36H28O/c1-36(2,3)24-20-21-28-31(22-24)33(23-12-5-4-6-13-23)26-15-7-8-16-27(26)34(28)30-18-11-17-29-25-14-9-10-19-32(25)37-35(29)30/h4-22H,1-3H3. The average molecular weight is 477 g/mol. The molecule has 178 valence electrons. The van der Waals surface area contributed by atoms with E-state index in [-0.39, 0.29) is 5.41 Å². The van der Waals surface area contributed by atoms with Crippen molar-refractivity contribution in [2.75, 3.05) is 0 Å². The van der Waals surface area contributed by atoms with Crippen molar-refractivity contribution in [1.29, 1.82) is 0 Å². The molecular weight excluding hydrogens is 448 g/mol. The van der Waals surface area contributed by atoms with Crippen LogP contribution in [-0.4, -0.2) is 0 Å². The molecule has 0 saturated carbocycles. The highest BCUT2D eigenvalue weighted by Gasteiger charge is 2.22. The first-order chi connectivity index (χ1) is 18.0. The highest BCUT2D eigenvalue weighted by atomic mass is 16.3. The molecule has 0 aliphatic rings. The molecule has 0 spiro atoms. The lowest BCUT2D eigenvalue weighted by molar-refractivity contribution is 0.591. The van der Waals surface area contributed by atoms with Gasteiger partial charge >= 0.3 is 0 Å². The van der Waals surface area contributed by atoms with Crippen LogP contribution in [0.4, 0.5) is 0 Å². The van der Waals surface area contributed by atoms with E-state index in [0.717, 1.165) is 27.5 Å². The highest BCUT2D eigenvalue weighted by molar-refractivity contribution is 6.24. The Labute approximate surface area is 217 Å². The van der Waals surface area contributed by atoms with E-state index in [1.54, 1.807) is 0 Å². The predicted molar refractivity (Wildman–Crippen MR) is 158 cm³/mol. The molecule has 1 heterocycles. The van der Waals surface area contributed by atoms with Crippen LogP contribution >= 0.6 is 0 Å². The summed E-state index contributed by atoms with van der Waals surface area (Å²) in [6.45, 7) is 6.86. The number of fused-ring (bicyclic) bond motifs is 5. The van der Waals surface area contributed by atoms with Crippen LogP contribution < -0.4 is 0 Å². The molecule has 6 aromatic carbocycles. The average Bonchev–Trinajstić information content (AvgIpc) is 3.30. The largest absolute Gasteiger partial charge is 0.455 e. The van der Waals surface area contributed by atoms with E-state index in [4.69, 9.17) is 4.42 Å². The number of para-hydroxylation sites is 2. The Hall–Kier alpha value is -4.36. The Balaban J connectivity index is 1.69. The lowest BCUT2D eigenvalue weighted by atomic mass is 9.81. The summed E-state index contributed by atoms with van der Waals surface area (Å²) >= 11 is 0. The van der Waals surface area contributed by atoms with Crippen molar-refractivity contribution in [1.82, 2.24) is 0 Å². The molecule has 0 fully saturated rings. The fourth-order valence-electron chi connectivity index (χ4n) is 5.79. The zero-order chi connectivity index (χ0) is 25.1. The van der Waals surface area contributed by atoms with E-state index in [2.05, 4.69) is 130 Å². The molecule has 0 bridgehead atoms. The first-order valence-electron chi connectivity index (χ1n) is 13.0. The molecule has 1 aromatic heterocycles. The molecule has 0 N–H and O–H groups in total. The number of hydrogen-bond donors (Lipinski definition) is 0. The Morgan fingerprint density at radius 3 is 1.86 bits per heavy atom. The van der Waals surface area contributed by atoms with Crippen molar-refractivity contribution in [2.24, 2.45) is 0 Å². The summed E-state index contributed by atoms with van der Waals surface area (Å²) in [4.78, 5) is 0. The Kier molecular flexibility index (Phi) is 4.78. The zero-order valence-electron chi connectivity index (χ0n) is 21.4. The van der Waals surface area contributed by atoms with Crippen molar-refractivity contribution in [3.05, 3.63) is 121 Å². The van der Waals surface area contributed by atoms with E-state index < -0.39 is 0 Å². The minimum atomic E-state index is 0.0483. The topological polar surface area (TPSA) is 13.1 Å². The predicted octanol–water partition coefficient (Wildman–Crippen LogP) is 10.5. The van der Waals surface area contributed by atoms with Gasteiger partial charge in [0.1, 0.15) is 11.2 Å². The zero-order valence-corrected chi connectivity index (χ0v) is 21.4. The van der Waals surface area contributed by atoms with Gasteiger partial charge in [-0.3, -0.25) is 0 Å². The maximum Gasteiger partial charge on any atom is 0.143 e. The number of furan rings is 1. The molecule has 1 heteroatoms. The van der Waals surface area contributed by atoms with Crippen molar-refractivity contribution in [3.8, 4) is 22.3 Å². The smallest absolute Gasteiger partial charge is 0.143 e. The number of benzene rings is 6. The molecule has 0 amide bonds. The fraction of sp³-hybridized carbons (Fsp3) is 0.111. The molecule has 0 atom stereocenters. The van der Waals surface area contributed by atoms with Gasteiger partial charge in [-0.1, -0.05) is 124 Å². The monoisotopic (exact) mass is 476 g/mol. The summed E-state index contributed by atoms with van der Waals surface area (Å²) in [5.41, 5.74) is 8.15. The second-order valence-corrected chi connectivity index (χ2v) is 11.0. The van der Waals surface area contributed by atoms with Gasteiger partial charge in [-0.05, 0) is 55.8 Å². The molecule has 0 aliphatic carbocycles. The molecule has 0 unspecified atom stereocenters. The molecule has 1 nitrogen and oxygen atoms in total. The quantitative estimate of drug-likeness (QED) is 0.226. The lowest BCUT2D eigenvalue weighted by Crippen LogP contribution is -2.10. The van der Waals surface area contributed by atoms with Crippen molar-refractivity contribution in [2.45, 2.75) is 26.2 Å². The van der Waals surface area contributed by atoms with E-state index in [1.165, 1.54) is 43.8 Å². The summed E-state index contributed by atoms with van der Waals surface area (Å²) in [5.74, 6) is 0. The Morgan fingerprint density at radius 2 is 1.11 bits per heavy atom. The van der Waals surface area contributed by atoms with Crippen molar-refractivity contribution in [3.63, 3.8) is 0 Å². The summed E-state index contributed by atoms with van der Waals surface area (Å²) in [7, 11) is 0. The van der Waals surface area contributed by atoms with E-state index in [0.29, 0.717) is 0 Å². The van der Waals surface area contributed by atoms with Crippen LogP contribution in [0.2, 0.25) is 0 Å². The maximum absolute atomic E-state index is 6.53. The molecule has 0 saturated heterocycles. The van der Waals surface area contributed by atoms with Crippen LogP contribution in [0.25, 0.3) is 65.7 Å². The normalized spacial score (nSPS) is 12.2. The third-order valence-electron chi connectivity index (χ3n) is 7.63. The highest BCUT2D eigenvalue weighted by Crippen LogP contribution is 2.47.